The Balaban J connectivity index is 1.86. The Morgan fingerprint density at radius 3 is 2.80 bits per heavy atom. The van der Waals surface area contributed by atoms with Crippen molar-refractivity contribution in [3.63, 3.8) is 0 Å². The lowest BCUT2D eigenvalue weighted by molar-refractivity contribution is -0.138. The van der Waals surface area contributed by atoms with Crippen LogP contribution in [0.3, 0.4) is 0 Å². The van der Waals surface area contributed by atoms with Gasteiger partial charge in [0.2, 0.25) is 5.91 Å². The number of carbonyl (C=O) groups excluding carboxylic acids is 1. The third-order valence-corrected chi connectivity index (χ3v) is 4.85. The van der Waals surface area contributed by atoms with E-state index in [0.29, 0.717) is 11.8 Å². The zero-order valence-electron chi connectivity index (χ0n) is 12.9. The molecule has 116 valence electrons. The van der Waals surface area contributed by atoms with E-state index in [-0.39, 0.29) is 12.0 Å². The molecule has 4 heteroatoms. The van der Waals surface area contributed by atoms with Gasteiger partial charge in [0.15, 0.2) is 0 Å². The highest BCUT2D eigenvalue weighted by molar-refractivity contribution is 5.79. The number of ether oxygens (including phenoxy) is 1. The van der Waals surface area contributed by atoms with Crippen LogP contribution in [0.15, 0.2) is 0 Å². The highest BCUT2D eigenvalue weighted by Gasteiger charge is 2.31. The Bertz CT molecular complexity index is 301. The Labute approximate surface area is 123 Å². The lowest BCUT2D eigenvalue weighted by Gasteiger charge is -2.33. The summed E-state index contributed by atoms with van der Waals surface area (Å²) in [5.41, 5.74) is 5.66. The van der Waals surface area contributed by atoms with Crippen LogP contribution < -0.4 is 5.73 Å². The molecular weight excluding hydrogens is 252 g/mol. The molecule has 1 saturated heterocycles. The number of nitrogens with two attached hydrogens (primary N) is 1. The summed E-state index contributed by atoms with van der Waals surface area (Å²) in [6.07, 6.45) is 8.10. The molecule has 3 atom stereocenters. The molecule has 2 rings (SSSR count). The van der Waals surface area contributed by atoms with Gasteiger partial charge < -0.3 is 15.4 Å². The highest BCUT2D eigenvalue weighted by Crippen LogP contribution is 2.32. The molecule has 2 aliphatic rings. The summed E-state index contributed by atoms with van der Waals surface area (Å²) in [4.78, 5) is 14.7. The maximum Gasteiger partial charge on any atom is 0.225 e. The lowest BCUT2D eigenvalue weighted by Crippen LogP contribution is -2.42. The van der Waals surface area contributed by atoms with Crippen molar-refractivity contribution in [2.45, 2.75) is 58.0 Å². The molecule has 0 radical (unpaired) electrons. The zero-order valence-corrected chi connectivity index (χ0v) is 12.9. The summed E-state index contributed by atoms with van der Waals surface area (Å²) in [6, 6.07) is 0. The second-order valence-electron chi connectivity index (χ2n) is 6.32. The normalized spacial score (nSPS) is 30.4. The quantitative estimate of drug-likeness (QED) is 0.812. The monoisotopic (exact) mass is 282 g/mol. The van der Waals surface area contributed by atoms with Crippen molar-refractivity contribution in [1.82, 2.24) is 4.90 Å². The first kappa shape index (κ1) is 15.8. The van der Waals surface area contributed by atoms with E-state index in [1.165, 1.54) is 12.8 Å². The maximum atomic E-state index is 12.7. The van der Waals surface area contributed by atoms with E-state index in [2.05, 4.69) is 6.92 Å². The van der Waals surface area contributed by atoms with Crippen LogP contribution in [-0.4, -0.2) is 43.2 Å². The Morgan fingerprint density at radius 2 is 2.15 bits per heavy atom. The fraction of sp³-hybridized carbons (Fsp3) is 0.938. The van der Waals surface area contributed by atoms with Crippen LogP contribution >= 0.6 is 0 Å². The van der Waals surface area contributed by atoms with Crippen molar-refractivity contribution < 1.29 is 9.53 Å². The molecule has 2 N–H and O–H groups in total. The largest absolute Gasteiger partial charge is 0.376 e. The van der Waals surface area contributed by atoms with Crippen LogP contribution in [0, 0.1) is 11.8 Å². The van der Waals surface area contributed by atoms with E-state index in [0.717, 1.165) is 58.3 Å². The van der Waals surface area contributed by atoms with Crippen LogP contribution in [0.4, 0.5) is 0 Å². The number of carbonyl (C=O) groups is 1. The highest BCUT2D eigenvalue weighted by atomic mass is 16.5. The van der Waals surface area contributed by atoms with Gasteiger partial charge in [-0.25, -0.2) is 0 Å². The first-order chi connectivity index (χ1) is 9.74. The topological polar surface area (TPSA) is 55.6 Å². The van der Waals surface area contributed by atoms with Crippen molar-refractivity contribution in [2.24, 2.45) is 17.6 Å². The minimum Gasteiger partial charge on any atom is -0.376 e. The first-order valence-corrected chi connectivity index (χ1v) is 8.35. The van der Waals surface area contributed by atoms with Gasteiger partial charge in [-0.2, -0.15) is 0 Å². The lowest BCUT2D eigenvalue weighted by atomic mass is 9.79. The second kappa shape index (κ2) is 7.99. The van der Waals surface area contributed by atoms with Crippen LogP contribution in [0.2, 0.25) is 0 Å². The molecule has 1 aliphatic heterocycles. The smallest absolute Gasteiger partial charge is 0.225 e. The number of hydrogen-bond acceptors (Lipinski definition) is 3. The summed E-state index contributed by atoms with van der Waals surface area (Å²) in [5, 5.41) is 0. The molecule has 20 heavy (non-hydrogen) atoms. The van der Waals surface area contributed by atoms with Gasteiger partial charge in [0, 0.05) is 25.6 Å². The third kappa shape index (κ3) is 4.19. The molecule has 1 heterocycles. The molecule has 0 spiro atoms. The molecule has 1 saturated carbocycles. The standard InChI is InChI=1S/C16H30N2O2/c1-2-18(12-15-7-4-10-20-15)16(19)14-6-3-5-13(11-14)8-9-17/h13-15H,2-12,17H2,1H3. The zero-order chi connectivity index (χ0) is 14.4. The van der Waals surface area contributed by atoms with Crippen LogP contribution in [0.5, 0.6) is 0 Å². The van der Waals surface area contributed by atoms with Crippen LogP contribution in [-0.2, 0) is 9.53 Å². The molecule has 1 amide bonds. The van der Waals surface area contributed by atoms with E-state index in [1.807, 2.05) is 4.90 Å². The van der Waals surface area contributed by atoms with Crippen molar-refractivity contribution in [3.8, 4) is 0 Å². The fourth-order valence-corrected chi connectivity index (χ4v) is 3.68. The number of nitrogens with zero attached hydrogens (tertiary/aromatic N) is 1. The van der Waals surface area contributed by atoms with Crippen molar-refractivity contribution in [2.75, 3.05) is 26.2 Å². The summed E-state index contributed by atoms with van der Waals surface area (Å²) in [5.74, 6) is 1.23. The predicted octanol–water partition coefficient (Wildman–Crippen LogP) is 2.17. The van der Waals surface area contributed by atoms with Gasteiger partial charge in [-0.1, -0.05) is 12.8 Å². The van der Waals surface area contributed by atoms with Gasteiger partial charge in [-0.3, -0.25) is 4.79 Å². The number of likely N-dealkylation sites (N-methyl/N-ethyl adjacent to an activating group) is 1. The van der Waals surface area contributed by atoms with E-state index in [9.17, 15) is 4.79 Å². The van der Waals surface area contributed by atoms with Gasteiger partial charge in [-0.15, -0.1) is 0 Å². The maximum absolute atomic E-state index is 12.7. The molecule has 4 nitrogen and oxygen atoms in total. The van der Waals surface area contributed by atoms with Crippen molar-refractivity contribution >= 4 is 5.91 Å². The van der Waals surface area contributed by atoms with Gasteiger partial charge in [0.25, 0.3) is 0 Å². The van der Waals surface area contributed by atoms with Gasteiger partial charge in [0.1, 0.15) is 0 Å². The second-order valence-corrected chi connectivity index (χ2v) is 6.32. The van der Waals surface area contributed by atoms with E-state index in [4.69, 9.17) is 10.5 Å². The average Bonchev–Trinajstić information content (AvgIpc) is 2.98. The minimum absolute atomic E-state index is 0.224. The molecule has 2 fully saturated rings. The van der Waals surface area contributed by atoms with Crippen molar-refractivity contribution in [3.05, 3.63) is 0 Å². The Hall–Kier alpha value is -0.610. The number of hydrogen-bond donors (Lipinski definition) is 1. The minimum atomic E-state index is 0.224. The van der Waals surface area contributed by atoms with Crippen molar-refractivity contribution in [1.29, 1.82) is 0 Å². The predicted molar refractivity (Wildman–Crippen MR) is 80.3 cm³/mol. The Kier molecular flexibility index (Phi) is 6.30. The third-order valence-electron chi connectivity index (χ3n) is 4.85. The SMILES string of the molecule is CCN(CC1CCCO1)C(=O)C1CCCC(CCN)C1. The first-order valence-electron chi connectivity index (χ1n) is 8.35. The molecule has 0 aromatic carbocycles. The fourth-order valence-electron chi connectivity index (χ4n) is 3.68. The summed E-state index contributed by atoms with van der Waals surface area (Å²) in [7, 11) is 0. The molecule has 0 aromatic rings. The summed E-state index contributed by atoms with van der Waals surface area (Å²) in [6.45, 7) is 5.27. The summed E-state index contributed by atoms with van der Waals surface area (Å²) >= 11 is 0. The van der Waals surface area contributed by atoms with Gasteiger partial charge in [0.05, 0.1) is 6.10 Å². The van der Waals surface area contributed by atoms with E-state index < -0.39 is 0 Å². The van der Waals surface area contributed by atoms with E-state index in [1.54, 1.807) is 0 Å². The molecule has 1 aliphatic carbocycles. The van der Waals surface area contributed by atoms with Gasteiger partial charge in [-0.05, 0) is 51.5 Å². The number of rotatable bonds is 6. The Morgan fingerprint density at radius 1 is 1.30 bits per heavy atom. The average molecular weight is 282 g/mol. The van der Waals surface area contributed by atoms with Crippen LogP contribution in [0.25, 0.3) is 0 Å². The molecule has 0 aromatic heterocycles. The van der Waals surface area contributed by atoms with Gasteiger partial charge >= 0.3 is 0 Å². The summed E-state index contributed by atoms with van der Waals surface area (Å²) < 4.78 is 5.67. The molecule has 0 bridgehead atoms. The van der Waals surface area contributed by atoms with Crippen LogP contribution in [0.1, 0.15) is 51.9 Å². The van der Waals surface area contributed by atoms with E-state index >= 15 is 0 Å². The molecule has 3 unspecified atom stereocenters. The molecular formula is C16H30N2O2. The number of amides is 1.